The van der Waals surface area contributed by atoms with Crippen LogP contribution in [0.2, 0.25) is 0 Å². The minimum Gasteiger partial charge on any atom is -0.497 e. The van der Waals surface area contributed by atoms with Crippen LogP contribution in [0.3, 0.4) is 0 Å². The maximum absolute atomic E-state index is 5.28. The lowest BCUT2D eigenvalue weighted by molar-refractivity contribution is 0.414. The Morgan fingerprint density at radius 1 is 1.00 bits per heavy atom. The SMILES string of the molecule is COc1cccc(CCNc2nccc(N(Cc3ccccc3)C(C)C)n2)c1. The van der Waals surface area contributed by atoms with Crippen LogP contribution in [-0.2, 0) is 13.0 Å². The third-order valence-corrected chi connectivity index (χ3v) is 4.59. The van der Waals surface area contributed by atoms with Gasteiger partial charge in [-0.2, -0.15) is 4.98 Å². The normalized spacial score (nSPS) is 10.7. The number of aromatic nitrogens is 2. The fourth-order valence-electron chi connectivity index (χ4n) is 3.05. The number of anilines is 2. The van der Waals surface area contributed by atoms with Crippen LogP contribution in [0.5, 0.6) is 5.75 Å². The van der Waals surface area contributed by atoms with Crippen LogP contribution in [0.25, 0.3) is 0 Å². The summed E-state index contributed by atoms with van der Waals surface area (Å²) in [6.45, 7) is 5.94. The summed E-state index contributed by atoms with van der Waals surface area (Å²) in [5.41, 5.74) is 2.48. The fourth-order valence-corrected chi connectivity index (χ4v) is 3.05. The fraction of sp³-hybridized carbons (Fsp3) is 0.304. The topological polar surface area (TPSA) is 50.3 Å². The van der Waals surface area contributed by atoms with Crippen LogP contribution in [0.1, 0.15) is 25.0 Å². The molecule has 0 fully saturated rings. The van der Waals surface area contributed by atoms with Crippen molar-refractivity contribution >= 4 is 11.8 Å². The zero-order chi connectivity index (χ0) is 19.8. The van der Waals surface area contributed by atoms with Crippen molar-refractivity contribution < 1.29 is 4.74 Å². The highest BCUT2D eigenvalue weighted by Crippen LogP contribution is 2.19. The van der Waals surface area contributed by atoms with Crippen LogP contribution in [0.15, 0.2) is 66.9 Å². The molecule has 1 aromatic heterocycles. The van der Waals surface area contributed by atoms with E-state index in [9.17, 15) is 0 Å². The second-order valence-corrected chi connectivity index (χ2v) is 6.97. The van der Waals surface area contributed by atoms with Crippen molar-refractivity contribution in [2.75, 3.05) is 23.9 Å². The van der Waals surface area contributed by atoms with Gasteiger partial charge in [0, 0.05) is 25.3 Å². The number of nitrogens with zero attached hydrogens (tertiary/aromatic N) is 3. The van der Waals surface area contributed by atoms with Gasteiger partial charge in [0.1, 0.15) is 11.6 Å². The van der Waals surface area contributed by atoms with Crippen LogP contribution < -0.4 is 15.0 Å². The first-order valence-corrected chi connectivity index (χ1v) is 9.66. The molecule has 0 bridgehead atoms. The van der Waals surface area contributed by atoms with Gasteiger partial charge in [-0.05, 0) is 49.6 Å². The zero-order valence-electron chi connectivity index (χ0n) is 16.8. The first-order chi connectivity index (χ1) is 13.7. The molecule has 146 valence electrons. The van der Waals surface area contributed by atoms with Gasteiger partial charge >= 0.3 is 0 Å². The van der Waals surface area contributed by atoms with Crippen LogP contribution in [0.4, 0.5) is 11.8 Å². The Morgan fingerprint density at radius 3 is 2.54 bits per heavy atom. The number of nitrogens with one attached hydrogen (secondary N) is 1. The van der Waals surface area contributed by atoms with Gasteiger partial charge in [-0.3, -0.25) is 0 Å². The van der Waals surface area contributed by atoms with Gasteiger partial charge in [0.25, 0.3) is 0 Å². The smallest absolute Gasteiger partial charge is 0.224 e. The van der Waals surface area contributed by atoms with Gasteiger partial charge in [0.15, 0.2) is 0 Å². The number of hydrogen-bond donors (Lipinski definition) is 1. The Kier molecular flexibility index (Phi) is 6.84. The van der Waals surface area contributed by atoms with E-state index in [2.05, 4.69) is 65.4 Å². The number of ether oxygens (including phenoxy) is 1. The maximum atomic E-state index is 5.28. The Morgan fingerprint density at radius 2 is 1.79 bits per heavy atom. The molecule has 0 aliphatic carbocycles. The van der Waals surface area contributed by atoms with Gasteiger partial charge in [0.05, 0.1) is 7.11 Å². The third-order valence-electron chi connectivity index (χ3n) is 4.59. The molecule has 0 aliphatic rings. The molecule has 5 heteroatoms. The van der Waals surface area contributed by atoms with Crippen molar-refractivity contribution in [3.8, 4) is 5.75 Å². The summed E-state index contributed by atoms with van der Waals surface area (Å²) in [4.78, 5) is 11.4. The van der Waals surface area contributed by atoms with Gasteiger partial charge in [-0.15, -0.1) is 0 Å². The third kappa shape index (κ3) is 5.46. The van der Waals surface area contributed by atoms with E-state index in [4.69, 9.17) is 9.72 Å². The number of methoxy groups -OCH3 is 1. The van der Waals surface area contributed by atoms with E-state index in [0.717, 1.165) is 31.1 Å². The quantitative estimate of drug-likeness (QED) is 0.593. The van der Waals surface area contributed by atoms with E-state index in [1.54, 1.807) is 7.11 Å². The summed E-state index contributed by atoms with van der Waals surface area (Å²) in [5, 5.41) is 3.34. The Bertz CT molecular complexity index is 867. The second-order valence-electron chi connectivity index (χ2n) is 6.97. The molecule has 28 heavy (non-hydrogen) atoms. The van der Waals surface area contributed by atoms with Crippen LogP contribution in [0, 0.1) is 0 Å². The minimum atomic E-state index is 0.333. The highest BCUT2D eigenvalue weighted by Gasteiger charge is 2.13. The highest BCUT2D eigenvalue weighted by molar-refractivity contribution is 5.44. The molecule has 1 heterocycles. The highest BCUT2D eigenvalue weighted by atomic mass is 16.5. The zero-order valence-corrected chi connectivity index (χ0v) is 16.8. The van der Waals surface area contributed by atoms with Crippen molar-refractivity contribution in [1.82, 2.24) is 9.97 Å². The molecule has 0 unspecified atom stereocenters. The lowest BCUT2D eigenvalue weighted by atomic mass is 10.1. The molecular formula is C23H28N4O. The second kappa shape index (κ2) is 9.74. The standard InChI is InChI=1S/C23H28N4O/c1-18(2)27(17-20-8-5-4-6-9-20)22-13-15-25-23(26-22)24-14-12-19-10-7-11-21(16-19)28-3/h4-11,13,15-16,18H,12,14,17H2,1-3H3,(H,24,25,26). The molecule has 0 saturated carbocycles. The van der Waals surface area contributed by atoms with Gasteiger partial charge < -0.3 is 15.0 Å². The molecule has 3 aromatic rings. The summed E-state index contributed by atoms with van der Waals surface area (Å²) >= 11 is 0. The molecule has 1 N–H and O–H groups in total. The number of benzene rings is 2. The summed E-state index contributed by atoms with van der Waals surface area (Å²) in [7, 11) is 1.69. The average Bonchev–Trinajstić information content (AvgIpc) is 2.73. The van der Waals surface area contributed by atoms with Crippen LogP contribution >= 0.6 is 0 Å². The number of rotatable bonds is 9. The van der Waals surface area contributed by atoms with Crippen molar-refractivity contribution in [2.24, 2.45) is 0 Å². The van der Waals surface area contributed by atoms with E-state index >= 15 is 0 Å². The lowest BCUT2D eigenvalue weighted by Crippen LogP contribution is -2.31. The minimum absolute atomic E-state index is 0.333. The predicted molar refractivity (Wildman–Crippen MR) is 115 cm³/mol. The molecule has 0 radical (unpaired) electrons. The maximum Gasteiger partial charge on any atom is 0.224 e. The molecule has 0 atom stereocenters. The molecule has 3 rings (SSSR count). The Balaban J connectivity index is 1.64. The molecule has 5 nitrogen and oxygen atoms in total. The van der Waals surface area contributed by atoms with Gasteiger partial charge in [0.2, 0.25) is 5.95 Å². The number of hydrogen-bond acceptors (Lipinski definition) is 5. The molecule has 0 amide bonds. The predicted octanol–water partition coefficient (Wildman–Crippen LogP) is 4.55. The van der Waals surface area contributed by atoms with Crippen molar-refractivity contribution in [2.45, 2.75) is 32.9 Å². The first-order valence-electron chi connectivity index (χ1n) is 9.66. The summed E-state index contributed by atoms with van der Waals surface area (Å²) in [6, 6.07) is 20.9. The monoisotopic (exact) mass is 376 g/mol. The van der Waals surface area contributed by atoms with Crippen LogP contribution in [-0.4, -0.2) is 29.7 Å². The molecule has 0 aliphatic heterocycles. The average molecular weight is 377 g/mol. The van der Waals surface area contributed by atoms with Gasteiger partial charge in [-0.25, -0.2) is 4.98 Å². The van der Waals surface area contributed by atoms with Crippen molar-refractivity contribution in [3.63, 3.8) is 0 Å². The van der Waals surface area contributed by atoms with Gasteiger partial charge in [-0.1, -0.05) is 42.5 Å². The Labute approximate surface area is 167 Å². The Hall–Kier alpha value is -3.08. The summed E-state index contributed by atoms with van der Waals surface area (Å²) < 4.78 is 5.28. The van der Waals surface area contributed by atoms with E-state index in [-0.39, 0.29) is 0 Å². The lowest BCUT2D eigenvalue weighted by Gasteiger charge is -2.28. The van der Waals surface area contributed by atoms with E-state index < -0.39 is 0 Å². The largest absolute Gasteiger partial charge is 0.497 e. The summed E-state index contributed by atoms with van der Waals surface area (Å²) in [6.07, 6.45) is 2.69. The first kappa shape index (κ1) is 19.7. The molecule has 0 spiro atoms. The molecular weight excluding hydrogens is 348 g/mol. The molecule has 0 saturated heterocycles. The van der Waals surface area contributed by atoms with E-state index in [0.29, 0.717) is 12.0 Å². The summed E-state index contributed by atoms with van der Waals surface area (Å²) in [5.74, 6) is 2.46. The molecule has 2 aromatic carbocycles. The van der Waals surface area contributed by atoms with Crippen molar-refractivity contribution in [1.29, 1.82) is 0 Å². The van der Waals surface area contributed by atoms with E-state index in [1.807, 2.05) is 30.5 Å². The van der Waals surface area contributed by atoms with Crippen molar-refractivity contribution in [3.05, 3.63) is 78.0 Å². The van der Waals surface area contributed by atoms with E-state index in [1.165, 1.54) is 11.1 Å².